The summed E-state index contributed by atoms with van der Waals surface area (Å²) in [5.74, 6) is -0.841. The summed E-state index contributed by atoms with van der Waals surface area (Å²) in [5.41, 5.74) is -0.472. The second-order valence-electron chi connectivity index (χ2n) is 6.16. The number of carboxylic acids is 1. The molecule has 5 nitrogen and oxygen atoms in total. The van der Waals surface area contributed by atoms with E-state index in [1.165, 1.54) is 6.07 Å². The number of hydrogen-bond donors (Lipinski definition) is 2. The van der Waals surface area contributed by atoms with Gasteiger partial charge in [0.05, 0.1) is 21.8 Å². The van der Waals surface area contributed by atoms with E-state index in [4.69, 9.17) is 33.0 Å². The van der Waals surface area contributed by atoms with Gasteiger partial charge in [-0.1, -0.05) is 37.0 Å². The second-order valence-corrected chi connectivity index (χ2v) is 6.98. The zero-order chi connectivity index (χ0) is 17.8. The Morgan fingerprint density at radius 2 is 1.87 bits per heavy atom. The minimum Gasteiger partial charge on any atom is -0.489 e. The minimum absolute atomic E-state index is 0.0794. The molecule has 0 radical (unpaired) electrons. The van der Waals surface area contributed by atoms with Crippen molar-refractivity contribution in [3.05, 3.63) is 22.2 Å². The van der Waals surface area contributed by atoms with E-state index in [0.717, 1.165) is 0 Å². The fourth-order valence-electron chi connectivity index (χ4n) is 1.79. The van der Waals surface area contributed by atoms with Gasteiger partial charge in [-0.15, -0.1) is 0 Å². The molecule has 0 bridgehead atoms. The van der Waals surface area contributed by atoms with Gasteiger partial charge in [-0.2, -0.15) is 0 Å². The lowest BCUT2D eigenvalue weighted by molar-refractivity contribution is -0.138. The highest BCUT2D eigenvalue weighted by Crippen LogP contribution is 2.36. The van der Waals surface area contributed by atoms with E-state index >= 15 is 0 Å². The fourth-order valence-corrected chi connectivity index (χ4v) is 2.27. The van der Waals surface area contributed by atoms with E-state index in [1.807, 2.05) is 13.8 Å². The van der Waals surface area contributed by atoms with E-state index in [2.05, 4.69) is 5.32 Å². The number of amides is 1. The number of carbonyl (C=O) groups excluding carboxylic acids is 1. The van der Waals surface area contributed by atoms with Gasteiger partial charge in [0.15, 0.2) is 0 Å². The van der Waals surface area contributed by atoms with Gasteiger partial charge in [-0.3, -0.25) is 9.59 Å². The summed E-state index contributed by atoms with van der Waals surface area (Å²) in [7, 11) is 0. The molecule has 0 aliphatic carbocycles. The van der Waals surface area contributed by atoms with Gasteiger partial charge in [-0.25, -0.2) is 0 Å². The number of aliphatic carboxylic acids is 1. The summed E-state index contributed by atoms with van der Waals surface area (Å²) >= 11 is 12.2. The predicted octanol–water partition coefficient (Wildman–Crippen LogP) is 4.61. The molecule has 128 valence electrons. The lowest BCUT2D eigenvalue weighted by Gasteiger charge is -2.23. The Bertz CT molecular complexity index is 600. The van der Waals surface area contributed by atoms with Crippen LogP contribution in [0.25, 0.3) is 0 Å². The Morgan fingerprint density at radius 3 is 2.39 bits per heavy atom. The lowest BCUT2D eigenvalue weighted by atomic mass is 9.86. The number of nitrogens with one attached hydrogen (secondary N) is 1. The summed E-state index contributed by atoms with van der Waals surface area (Å²) in [6.45, 7) is 7.08. The van der Waals surface area contributed by atoms with Crippen LogP contribution in [0.2, 0.25) is 10.0 Å². The molecule has 1 rings (SSSR count). The third kappa shape index (κ3) is 5.92. The van der Waals surface area contributed by atoms with Gasteiger partial charge in [0.1, 0.15) is 5.75 Å². The molecule has 0 saturated carbocycles. The number of ether oxygens (including phenoxy) is 1. The van der Waals surface area contributed by atoms with Crippen molar-refractivity contribution in [1.29, 1.82) is 0 Å². The Labute approximate surface area is 145 Å². The summed E-state index contributed by atoms with van der Waals surface area (Å²) in [6, 6.07) is 3.07. The molecule has 0 atom stereocenters. The second kappa shape index (κ2) is 7.88. The highest BCUT2D eigenvalue weighted by Gasteiger charge is 2.29. The van der Waals surface area contributed by atoms with Crippen molar-refractivity contribution in [2.45, 2.75) is 46.6 Å². The van der Waals surface area contributed by atoms with E-state index in [0.29, 0.717) is 16.5 Å². The first-order valence-corrected chi connectivity index (χ1v) is 7.97. The highest BCUT2D eigenvalue weighted by atomic mass is 35.5. The number of rotatable bonds is 7. The van der Waals surface area contributed by atoms with Gasteiger partial charge >= 0.3 is 5.97 Å². The first kappa shape index (κ1) is 19.6. The predicted molar refractivity (Wildman–Crippen MR) is 91.5 cm³/mol. The van der Waals surface area contributed by atoms with E-state index < -0.39 is 11.4 Å². The van der Waals surface area contributed by atoms with Crippen molar-refractivity contribution in [2.75, 3.05) is 5.32 Å². The average Bonchev–Trinajstić information content (AvgIpc) is 2.41. The third-order valence-electron chi connectivity index (χ3n) is 3.21. The molecule has 2 N–H and O–H groups in total. The Kier molecular flexibility index (Phi) is 6.71. The van der Waals surface area contributed by atoms with Gasteiger partial charge in [0.2, 0.25) is 5.91 Å². The zero-order valence-corrected chi connectivity index (χ0v) is 15.1. The molecule has 0 saturated heterocycles. The molecule has 7 heteroatoms. The van der Waals surface area contributed by atoms with Crippen LogP contribution >= 0.6 is 23.2 Å². The Hall–Kier alpha value is -1.46. The highest BCUT2D eigenvalue weighted by molar-refractivity contribution is 6.37. The SMILES string of the molecule is CC(C)Oc1cc(NC(=O)C(C)(C)CCC(=O)O)c(Cl)cc1Cl. The van der Waals surface area contributed by atoms with Crippen molar-refractivity contribution >= 4 is 40.8 Å². The molecule has 0 fully saturated rings. The van der Waals surface area contributed by atoms with E-state index in [-0.39, 0.29) is 29.9 Å². The number of anilines is 1. The number of hydrogen-bond acceptors (Lipinski definition) is 3. The maximum Gasteiger partial charge on any atom is 0.303 e. The standard InChI is InChI=1S/C16H21Cl2NO4/c1-9(2)23-13-8-12(10(17)7-11(13)18)19-15(22)16(3,4)6-5-14(20)21/h7-9H,5-6H2,1-4H3,(H,19,22)(H,20,21). The van der Waals surface area contributed by atoms with Crippen molar-refractivity contribution < 1.29 is 19.4 Å². The van der Waals surface area contributed by atoms with Gasteiger partial charge < -0.3 is 15.2 Å². The fraction of sp³-hybridized carbons (Fsp3) is 0.500. The summed E-state index contributed by atoms with van der Waals surface area (Å²) in [6.07, 6.45) is 0.0508. The Balaban J connectivity index is 2.94. The van der Waals surface area contributed by atoms with Crippen LogP contribution in [0.4, 0.5) is 5.69 Å². The van der Waals surface area contributed by atoms with Crippen LogP contribution in [0, 0.1) is 5.41 Å². The monoisotopic (exact) mass is 361 g/mol. The Morgan fingerprint density at radius 1 is 1.26 bits per heavy atom. The molecule has 0 aliphatic heterocycles. The summed E-state index contributed by atoms with van der Waals surface area (Å²) in [4.78, 5) is 23.1. The minimum atomic E-state index is -0.942. The maximum atomic E-state index is 12.4. The number of carbonyl (C=O) groups is 2. The smallest absolute Gasteiger partial charge is 0.303 e. The number of carboxylic acid groups (broad SMARTS) is 1. The van der Waals surface area contributed by atoms with Crippen LogP contribution < -0.4 is 10.1 Å². The number of halogens is 2. The van der Waals surface area contributed by atoms with Crippen molar-refractivity contribution in [3.8, 4) is 5.75 Å². The van der Waals surface area contributed by atoms with Gasteiger partial charge in [0, 0.05) is 17.9 Å². The molecule has 0 unspecified atom stereocenters. The summed E-state index contributed by atoms with van der Waals surface area (Å²) < 4.78 is 5.57. The van der Waals surface area contributed by atoms with Gasteiger partial charge in [-0.05, 0) is 26.3 Å². The van der Waals surface area contributed by atoms with Crippen LogP contribution in [-0.2, 0) is 9.59 Å². The van der Waals surface area contributed by atoms with Crippen LogP contribution in [0.3, 0.4) is 0 Å². The maximum absolute atomic E-state index is 12.4. The number of benzene rings is 1. The van der Waals surface area contributed by atoms with Crippen LogP contribution in [0.1, 0.15) is 40.5 Å². The molecule has 0 aromatic heterocycles. The zero-order valence-electron chi connectivity index (χ0n) is 13.6. The molecule has 0 spiro atoms. The largest absolute Gasteiger partial charge is 0.489 e. The first-order valence-electron chi connectivity index (χ1n) is 7.22. The van der Waals surface area contributed by atoms with Crippen LogP contribution in [0.15, 0.2) is 12.1 Å². The molecule has 23 heavy (non-hydrogen) atoms. The van der Waals surface area contributed by atoms with Crippen LogP contribution in [0.5, 0.6) is 5.75 Å². The first-order chi connectivity index (χ1) is 10.5. The average molecular weight is 362 g/mol. The molecule has 1 aromatic rings. The molecular formula is C16H21Cl2NO4. The molecular weight excluding hydrogens is 341 g/mol. The van der Waals surface area contributed by atoms with Crippen LogP contribution in [-0.4, -0.2) is 23.1 Å². The van der Waals surface area contributed by atoms with Crippen molar-refractivity contribution in [3.63, 3.8) is 0 Å². The van der Waals surface area contributed by atoms with E-state index in [1.54, 1.807) is 19.9 Å². The lowest BCUT2D eigenvalue weighted by Crippen LogP contribution is -2.31. The molecule has 0 aliphatic rings. The van der Waals surface area contributed by atoms with E-state index in [9.17, 15) is 9.59 Å². The van der Waals surface area contributed by atoms with Crippen molar-refractivity contribution in [2.24, 2.45) is 5.41 Å². The molecule has 1 aromatic carbocycles. The normalized spacial score (nSPS) is 11.4. The third-order valence-corrected chi connectivity index (χ3v) is 3.82. The quantitative estimate of drug-likeness (QED) is 0.743. The topological polar surface area (TPSA) is 75.6 Å². The molecule has 1 amide bonds. The molecule has 0 heterocycles. The van der Waals surface area contributed by atoms with Gasteiger partial charge in [0.25, 0.3) is 0 Å². The van der Waals surface area contributed by atoms with Crippen molar-refractivity contribution in [1.82, 2.24) is 0 Å². The summed E-state index contributed by atoms with van der Waals surface area (Å²) in [5, 5.41) is 12.1.